The Hall–Kier alpha value is -1.05. The fraction of sp³-hybridized carbons (Fsp3) is 0.824. The quantitative estimate of drug-likeness (QED) is 0.732. The highest BCUT2D eigenvalue weighted by Gasteiger charge is 2.22. The number of carbonyl (C=O) groups excluding carboxylic acids is 1. The lowest BCUT2D eigenvalue weighted by molar-refractivity contribution is -0.725. The number of hydrogen-bond acceptors (Lipinski definition) is 3. The van der Waals surface area contributed by atoms with Gasteiger partial charge in [0.05, 0.1) is 24.1 Å². The van der Waals surface area contributed by atoms with Gasteiger partial charge < -0.3 is 21.0 Å². The lowest BCUT2D eigenvalue weighted by Gasteiger charge is -2.27. The van der Waals surface area contributed by atoms with E-state index < -0.39 is 12.0 Å². The van der Waals surface area contributed by atoms with Crippen LogP contribution in [0.5, 0.6) is 0 Å². The van der Waals surface area contributed by atoms with Crippen molar-refractivity contribution in [2.24, 2.45) is 5.73 Å². The molecule has 0 heterocycles. The summed E-state index contributed by atoms with van der Waals surface area (Å²) in [5.41, 5.74) is 4.92. The molecular formula is C17H30N2O2. The zero-order valence-electron chi connectivity index (χ0n) is 13.1. The molecule has 2 aliphatic carbocycles. The van der Waals surface area contributed by atoms with Gasteiger partial charge in [-0.05, 0) is 51.4 Å². The van der Waals surface area contributed by atoms with Crippen molar-refractivity contribution in [1.82, 2.24) is 0 Å². The Morgan fingerprint density at radius 3 is 1.81 bits per heavy atom. The zero-order chi connectivity index (χ0) is 15.5. The van der Waals surface area contributed by atoms with Crippen LogP contribution < -0.4 is 16.2 Å². The van der Waals surface area contributed by atoms with E-state index in [1.807, 2.05) is 0 Å². The molecule has 0 bridgehead atoms. The second kappa shape index (κ2) is 10.6. The van der Waals surface area contributed by atoms with Gasteiger partial charge in [0, 0.05) is 6.42 Å². The van der Waals surface area contributed by atoms with Gasteiger partial charge in [0.15, 0.2) is 0 Å². The van der Waals surface area contributed by atoms with Gasteiger partial charge >= 0.3 is 0 Å². The van der Waals surface area contributed by atoms with Crippen molar-refractivity contribution in [3.63, 3.8) is 0 Å². The summed E-state index contributed by atoms with van der Waals surface area (Å²) in [5.74, 6) is 0.800. The SMILES string of the molecule is C#CC[C@H](N)C(=O)[O-].C1CCC([NH2+]C2CCCCC2)CC1. The number of carboxylic acid groups (broad SMARTS) is 1. The summed E-state index contributed by atoms with van der Waals surface area (Å²) in [5, 5.41) is 12.5. The molecule has 0 unspecified atom stereocenters. The molecule has 0 saturated heterocycles. The Bertz CT molecular complexity index is 310. The Kier molecular flexibility index (Phi) is 9.12. The van der Waals surface area contributed by atoms with Crippen molar-refractivity contribution in [2.45, 2.75) is 88.8 Å². The molecule has 4 nitrogen and oxygen atoms in total. The van der Waals surface area contributed by atoms with Crippen molar-refractivity contribution < 1.29 is 15.2 Å². The molecule has 0 aromatic carbocycles. The van der Waals surface area contributed by atoms with E-state index >= 15 is 0 Å². The maximum atomic E-state index is 9.76. The summed E-state index contributed by atoms with van der Waals surface area (Å²) < 4.78 is 0. The average Bonchev–Trinajstić information content (AvgIpc) is 2.50. The second-order valence-electron chi connectivity index (χ2n) is 6.32. The number of terminal acetylenes is 1. The molecule has 0 aliphatic heterocycles. The number of aliphatic carboxylic acids is 1. The van der Waals surface area contributed by atoms with Crippen LogP contribution in [-0.2, 0) is 4.79 Å². The molecule has 0 aromatic heterocycles. The summed E-state index contributed by atoms with van der Waals surface area (Å²) >= 11 is 0. The normalized spacial score (nSPS) is 21.7. The average molecular weight is 294 g/mol. The van der Waals surface area contributed by atoms with E-state index in [2.05, 4.69) is 11.2 Å². The van der Waals surface area contributed by atoms with Crippen LogP contribution in [0.4, 0.5) is 0 Å². The largest absolute Gasteiger partial charge is 0.548 e. The van der Waals surface area contributed by atoms with Gasteiger partial charge in [0.1, 0.15) is 0 Å². The van der Waals surface area contributed by atoms with Crippen LogP contribution in [0.2, 0.25) is 0 Å². The summed E-state index contributed by atoms with van der Waals surface area (Å²) in [4.78, 5) is 9.76. The third-order valence-electron chi connectivity index (χ3n) is 4.48. The maximum absolute atomic E-state index is 9.76. The van der Waals surface area contributed by atoms with E-state index in [-0.39, 0.29) is 6.42 Å². The van der Waals surface area contributed by atoms with E-state index in [1.165, 1.54) is 64.2 Å². The molecule has 0 spiro atoms. The lowest BCUT2D eigenvalue weighted by atomic mass is 9.91. The van der Waals surface area contributed by atoms with Crippen LogP contribution >= 0.6 is 0 Å². The smallest absolute Gasteiger partial charge is 0.0861 e. The number of rotatable bonds is 4. The van der Waals surface area contributed by atoms with Gasteiger partial charge in [-0.1, -0.05) is 12.8 Å². The summed E-state index contributed by atoms with van der Waals surface area (Å²) in [7, 11) is 0. The number of hydrogen-bond donors (Lipinski definition) is 2. The minimum atomic E-state index is -1.30. The van der Waals surface area contributed by atoms with Crippen molar-refractivity contribution in [1.29, 1.82) is 0 Å². The number of quaternary nitrogens is 1. The Morgan fingerprint density at radius 2 is 1.52 bits per heavy atom. The molecule has 21 heavy (non-hydrogen) atoms. The van der Waals surface area contributed by atoms with Gasteiger partial charge in [0.25, 0.3) is 0 Å². The third kappa shape index (κ3) is 8.08. The van der Waals surface area contributed by atoms with Crippen LogP contribution in [0, 0.1) is 12.3 Å². The van der Waals surface area contributed by atoms with E-state index in [4.69, 9.17) is 12.2 Å². The topological polar surface area (TPSA) is 82.8 Å². The zero-order valence-corrected chi connectivity index (χ0v) is 13.1. The molecule has 0 radical (unpaired) electrons. The molecule has 0 aromatic rings. The predicted molar refractivity (Wildman–Crippen MR) is 82.1 cm³/mol. The van der Waals surface area contributed by atoms with Gasteiger partial charge in [-0.2, -0.15) is 0 Å². The van der Waals surface area contributed by atoms with Gasteiger partial charge in [-0.25, -0.2) is 0 Å². The van der Waals surface area contributed by atoms with Crippen LogP contribution in [0.3, 0.4) is 0 Å². The molecule has 0 amide bonds. The van der Waals surface area contributed by atoms with Crippen LogP contribution in [-0.4, -0.2) is 24.1 Å². The van der Waals surface area contributed by atoms with E-state index in [9.17, 15) is 9.90 Å². The van der Waals surface area contributed by atoms with Gasteiger partial charge in [-0.3, -0.25) is 0 Å². The Morgan fingerprint density at radius 1 is 1.10 bits per heavy atom. The summed E-state index contributed by atoms with van der Waals surface area (Å²) in [6.45, 7) is 0. The van der Waals surface area contributed by atoms with Crippen molar-refractivity contribution >= 4 is 5.97 Å². The van der Waals surface area contributed by atoms with Crippen molar-refractivity contribution in [3.05, 3.63) is 0 Å². The first kappa shape index (κ1) is 18.0. The van der Waals surface area contributed by atoms with E-state index in [1.54, 1.807) is 0 Å². The monoisotopic (exact) mass is 294 g/mol. The molecule has 2 rings (SSSR count). The fourth-order valence-corrected chi connectivity index (χ4v) is 3.25. The Labute approximate surface area is 128 Å². The van der Waals surface area contributed by atoms with Gasteiger partial charge in [-0.15, -0.1) is 12.3 Å². The molecule has 4 heteroatoms. The van der Waals surface area contributed by atoms with Gasteiger partial charge in [0.2, 0.25) is 0 Å². The highest BCUT2D eigenvalue weighted by atomic mass is 16.4. The maximum Gasteiger partial charge on any atom is 0.0861 e. The molecule has 2 saturated carbocycles. The highest BCUT2D eigenvalue weighted by molar-refractivity contribution is 5.71. The molecule has 4 N–H and O–H groups in total. The molecule has 2 aliphatic rings. The first-order valence-electron chi connectivity index (χ1n) is 8.38. The minimum absolute atomic E-state index is 0.0301. The van der Waals surface area contributed by atoms with Crippen LogP contribution in [0.25, 0.3) is 0 Å². The standard InChI is InChI=1S/C12H23N.C5H7NO2/c1-3-7-11(8-4-1)13-12-9-5-2-6-10-12;1-2-3-4(6)5(7)8/h11-13H,1-10H2;1,4H,3,6H2,(H,7,8)/t;4-/m.0/s1. The second-order valence-corrected chi connectivity index (χ2v) is 6.32. The number of carbonyl (C=O) groups is 1. The van der Waals surface area contributed by atoms with Crippen molar-refractivity contribution in [3.8, 4) is 12.3 Å². The van der Waals surface area contributed by atoms with Crippen LogP contribution in [0.1, 0.15) is 70.6 Å². The number of nitrogens with two attached hydrogens (primary N) is 2. The third-order valence-corrected chi connectivity index (χ3v) is 4.48. The highest BCUT2D eigenvalue weighted by Crippen LogP contribution is 2.18. The first-order chi connectivity index (χ1) is 10.1. The van der Waals surface area contributed by atoms with Crippen molar-refractivity contribution in [2.75, 3.05) is 0 Å². The lowest BCUT2D eigenvalue weighted by Crippen LogP contribution is -2.95. The first-order valence-corrected chi connectivity index (χ1v) is 8.38. The minimum Gasteiger partial charge on any atom is -0.548 e. The molecule has 1 atom stereocenters. The molecular weight excluding hydrogens is 264 g/mol. The van der Waals surface area contributed by atoms with E-state index in [0.717, 1.165) is 12.1 Å². The molecule has 2 fully saturated rings. The van der Waals surface area contributed by atoms with E-state index in [0.29, 0.717) is 0 Å². The predicted octanol–water partition coefficient (Wildman–Crippen LogP) is 0.302. The number of carboxylic acids is 1. The summed E-state index contributed by atoms with van der Waals surface area (Å²) in [6.07, 6.45) is 19.7. The molecule has 120 valence electrons. The van der Waals surface area contributed by atoms with Crippen LogP contribution in [0.15, 0.2) is 0 Å². The fourth-order valence-electron chi connectivity index (χ4n) is 3.25. The Balaban J connectivity index is 0.000000240. The summed E-state index contributed by atoms with van der Waals surface area (Å²) in [6, 6.07) is 0.980.